The molecule has 1 heterocycles. The van der Waals surface area contributed by atoms with Gasteiger partial charge in [-0.25, -0.2) is 0 Å². The molecule has 0 aromatic carbocycles. The maximum atomic E-state index is 11.2. The van der Waals surface area contributed by atoms with Crippen LogP contribution in [-0.4, -0.2) is 12.5 Å². The fourth-order valence-corrected chi connectivity index (χ4v) is 3.64. The van der Waals surface area contributed by atoms with Crippen LogP contribution >= 0.6 is 0 Å². The van der Waals surface area contributed by atoms with E-state index in [9.17, 15) is 4.79 Å². The summed E-state index contributed by atoms with van der Waals surface area (Å²) in [5.41, 5.74) is 1.76. The lowest BCUT2D eigenvalue weighted by molar-refractivity contribution is -0.121. The quantitative estimate of drug-likeness (QED) is 0.558. The Kier molecular flexibility index (Phi) is 1.27. The van der Waals surface area contributed by atoms with E-state index in [0.29, 0.717) is 5.41 Å². The smallest absolute Gasteiger partial charge is 0.220 e. The van der Waals surface area contributed by atoms with Gasteiger partial charge in [-0.05, 0) is 31.1 Å². The highest BCUT2D eigenvalue weighted by Crippen LogP contribution is 2.62. The Bertz CT molecular complexity index is 294. The molecule has 1 aliphatic heterocycles. The van der Waals surface area contributed by atoms with Gasteiger partial charge in [0.15, 0.2) is 0 Å². The lowest BCUT2D eigenvalue weighted by Crippen LogP contribution is -2.46. The van der Waals surface area contributed by atoms with Gasteiger partial charge in [-0.1, -0.05) is 12.2 Å². The summed E-state index contributed by atoms with van der Waals surface area (Å²) in [6, 6.07) is 0. The van der Waals surface area contributed by atoms with E-state index in [0.717, 1.165) is 24.8 Å². The Morgan fingerprint density at radius 1 is 1.46 bits per heavy atom. The average Bonchev–Trinajstić information content (AvgIpc) is 2.56. The molecule has 1 unspecified atom stereocenters. The van der Waals surface area contributed by atoms with Crippen LogP contribution in [0.5, 0.6) is 0 Å². The zero-order chi connectivity index (χ0) is 9.05. The lowest BCUT2D eigenvalue weighted by atomic mass is 9.54. The highest BCUT2D eigenvalue weighted by molar-refractivity contribution is 5.79. The minimum absolute atomic E-state index is 0.260. The Hall–Kier alpha value is -0.790. The first-order valence-corrected chi connectivity index (χ1v) is 5.13. The topological polar surface area (TPSA) is 29.1 Å². The first-order valence-electron chi connectivity index (χ1n) is 5.13. The number of rotatable bonds is 0. The molecule has 2 nitrogen and oxygen atoms in total. The summed E-state index contributed by atoms with van der Waals surface area (Å²) in [5.74, 6) is 1.90. The van der Waals surface area contributed by atoms with E-state index in [-0.39, 0.29) is 5.91 Å². The normalized spacial score (nSPS) is 47.7. The molecular weight excluding hydrogens is 162 g/mol. The van der Waals surface area contributed by atoms with Gasteiger partial charge in [0.2, 0.25) is 5.91 Å². The highest BCUT2D eigenvalue weighted by atomic mass is 16.1. The second kappa shape index (κ2) is 2.17. The van der Waals surface area contributed by atoms with Crippen molar-refractivity contribution in [3.8, 4) is 0 Å². The van der Waals surface area contributed by atoms with E-state index in [1.807, 2.05) is 0 Å². The minimum atomic E-state index is 0.260. The van der Waals surface area contributed by atoms with Crippen LogP contribution in [0.3, 0.4) is 0 Å². The van der Waals surface area contributed by atoms with Crippen LogP contribution in [0.1, 0.15) is 25.7 Å². The second-order valence-electron chi connectivity index (χ2n) is 5.04. The Balaban J connectivity index is 1.82. The van der Waals surface area contributed by atoms with E-state index >= 15 is 0 Å². The number of carbonyl (C=O) groups excluding carboxylic acids is 1. The molecular formula is C11H15NO. The van der Waals surface area contributed by atoms with Gasteiger partial charge in [0.05, 0.1) is 0 Å². The molecule has 1 spiro atoms. The number of hydrogen-bond acceptors (Lipinski definition) is 1. The monoisotopic (exact) mass is 177 g/mol. The number of nitrogens with one attached hydrogen (secondary N) is 1. The predicted octanol–water partition coefficient (Wildman–Crippen LogP) is 1.48. The number of hydrogen-bond donors (Lipinski definition) is 1. The maximum absolute atomic E-state index is 11.2. The summed E-state index contributed by atoms with van der Waals surface area (Å²) in [5, 5.41) is 2.97. The lowest BCUT2D eigenvalue weighted by Gasteiger charge is -2.49. The van der Waals surface area contributed by atoms with Crippen molar-refractivity contribution in [2.24, 2.45) is 17.3 Å². The van der Waals surface area contributed by atoms with Crippen LogP contribution in [0, 0.1) is 17.3 Å². The average molecular weight is 177 g/mol. The molecule has 0 radical (unpaired) electrons. The first-order chi connectivity index (χ1) is 6.20. The standard InChI is InChI=1S/C11H15NO/c1-7-2-8-4-11(9(8)3-7)5-10(13)12-6-11/h8-9H,1-6H2,(H,12,13)/t8-,9-,11?/m1/s1. The zero-order valence-electron chi connectivity index (χ0n) is 7.81. The van der Waals surface area contributed by atoms with Crippen molar-refractivity contribution in [2.75, 3.05) is 6.54 Å². The van der Waals surface area contributed by atoms with Gasteiger partial charge in [0.25, 0.3) is 0 Å². The van der Waals surface area contributed by atoms with Gasteiger partial charge in [-0.2, -0.15) is 0 Å². The fraction of sp³-hybridized carbons (Fsp3) is 0.727. The molecule has 0 aromatic rings. The fourth-order valence-electron chi connectivity index (χ4n) is 3.64. The van der Waals surface area contributed by atoms with Crippen LogP contribution in [0.4, 0.5) is 0 Å². The largest absolute Gasteiger partial charge is 0.356 e. The third-order valence-corrected chi connectivity index (χ3v) is 4.23. The van der Waals surface area contributed by atoms with Crippen LogP contribution in [0.15, 0.2) is 12.2 Å². The van der Waals surface area contributed by atoms with E-state index < -0.39 is 0 Å². The highest BCUT2D eigenvalue weighted by Gasteiger charge is 2.58. The van der Waals surface area contributed by atoms with Gasteiger partial charge in [0.1, 0.15) is 0 Å². The van der Waals surface area contributed by atoms with E-state index in [2.05, 4.69) is 11.9 Å². The molecule has 1 amide bonds. The molecule has 1 saturated heterocycles. The molecule has 2 saturated carbocycles. The van der Waals surface area contributed by atoms with Gasteiger partial charge >= 0.3 is 0 Å². The summed E-state index contributed by atoms with van der Waals surface area (Å²) in [6.45, 7) is 4.99. The van der Waals surface area contributed by atoms with Crippen molar-refractivity contribution in [3.05, 3.63) is 12.2 Å². The molecule has 3 rings (SSSR count). The summed E-state index contributed by atoms with van der Waals surface area (Å²) in [4.78, 5) is 11.2. The van der Waals surface area contributed by atoms with Gasteiger partial charge < -0.3 is 5.32 Å². The summed E-state index contributed by atoms with van der Waals surface area (Å²) < 4.78 is 0. The Labute approximate surface area is 78.4 Å². The number of allylic oxidation sites excluding steroid dienone is 1. The van der Waals surface area contributed by atoms with Crippen LogP contribution in [0.2, 0.25) is 0 Å². The van der Waals surface area contributed by atoms with E-state index in [4.69, 9.17) is 0 Å². The molecule has 13 heavy (non-hydrogen) atoms. The van der Waals surface area contributed by atoms with Gasteiger partial charge in [-0.3, -0.25) is 4.79 Å². The molecule has 1 N–H and O–H groups in total. The predicted molar refractivity (Wildman–Crippen MR) is 50.0 cm³/mol. The van der Waals surface area contributed by atoms with Crippen molar-refractivity contribution in [2.45, 2.75) is 25.7 Å². The van der Waals surface area contributed by atoms with Crippen molar-refractivity contribution in [1.82, 2.24) is 5.32 Å². The minimum Gasteiger partial charge on any atom is -0.356 e. The second-order valence-corrected chi connectivity index (χ2v) is 5.04. The first kappa shape index (κ1) is 7.60. The molecule has 70 valence electrons. The Morgan fingerprint density at radius 2 is 2.31 bits per heavy atom. The van der Waals surface area contributed by atoms with Crippen molar-refractivity contribution < 1.29 is 4.79 Å². The van der Waals surface area contributed by atoms with Gasteiger partial charge in [-0.15, -0.1) is 0 Å². The van der Waals surface area contributed by atoms with Crippen molar-refractivity contribution in [1.29, 1.82) is 0 Å². The van der Waals surface area contributed by atoms with Crippen molar-refractivity contribution in [3.63, 3.8) is 0 Å². The van der Waals surface area contributed by atoms with Crippen LogP contribution in [0.25, 0.3) is 0 Å². The van der Waals surface area contributed by atoms with Crippen LogP contribution < -0.4 is 5.32 Å². The summed E-state index contributed by atoms with van der Waals surface area (Å²) in [7, 11) is 0. The third kappa shape index (κ3) is 0.862. The van der Waals surface area contributed by atoms with Crippen molar-refractivity contribution >= 4 is 5.91 Å². The maximum Gasteiger partial charge on any atom is 0.220 e. The third-order valence-electron chi connectivity index (χ3n) is 4.23. The molecule has 3 aliphatic rings. The van der Waals surface area contributed by atoms with E-state index in [1.165, 1.54) is 24.8 Å². The molecule has 3 atom stereocenters. The molecule has 3 fully saturated rings. The van der Waals surface area contributed by atoms with E-state index in [1.54, 1.807) is 0 Å². The SMILES string of the molecule is C=C1C[C@@H]2CC3(CNC(=O)C3)[C@@H]2C1. The summed E-state index contributed by atoms with van der Waals surface area (Å²) in [6.07, 6.45) is 4.44. The van der Waals surface area contributed by atoms with Crippen LogP contribution in [-0.2, 0) is 4.79 Å². The number of fused-ring (bicyclic) bond motifs is 2. The summed E-state index contributed by atoms with van der Waals surface area (Å²) >= 11 is 0. The zero-order valence-corrected chi connectivity index (χ0v) is 7.81. The molecule has 0 aromatic heterocycles. The molecule has 0 bridgehead atoms. The number of amides is 1. The molecule has 2 aliphatic carbocycles. The van der Waals surface area contributed by atoms with Gasteiger partial charge in [0, 0.05) is 18.4 Å². The Morgan fingerprint density at radius 3 is 2.92 bits per heavy atom. The molecule has 2 heteroatoms. The number of carbonyl (C=O) groups is 1.